The fourth-order valence-corrected chi connectivity index (χ4v) is 4.49. The highest BCUT2D eigenvalue weighted by Gasteiger charge is 2.23. The minimum absolute atomic E-state index is 0.494. The van der Waals surface area contributed by atoms with Crippen LogP contribution in [0.1, 0.15) is 45.3 Å². The zero-order chi connectivity index (χ0) is 20.9. The molecule has 0 aliphatic carbocycles. The zero-order valence-electron chi connectivity index (χ0n) is 17.9. The van der Waals surface area contributed by atoms with E-state index in [4.69, 9.17) is 26.6 Å². The van der Waals surface area contributed by atoms with Crippen LogP contribution < -0.4 is 20.4 Å². The van der Waals surface area contributed by atoms with Crippen LogP contribution in [0.3, 0.4) is 0 Å². The molecule has 2 aromatic rings. The van der Waals surface area contributed by atoms with E-state index in [9.17, 15) is 0 Å². The van der Waals surface area contributed by atoms with Crippen molar-refractivity contribution in [3.63, 3.8) is 0 Å². The lowest BCUT2D eigenvalue weighted by Crippen LogP contribution is -2.37. The molecule has 2 aliphatic heterocycles. The molecule has 2 N–H and O–H groups in total. The van der Waals surface area contributed by atoms with E-state index < -0.39 is 0 Å². The number of nitrogens with one attached hydrogen (secondary N) is 2. The first-order valence-electron chi connectivity index (χ1n) is 11.0. The van der Waals surface area contributed by atoms with E-state index in [0.29, 0.717) is 29.4 Å². The third kappa shape index (κ3) is 5.41. The van der Waals surface area contributed by atoms with Crippen molar-refractivity contribution >= 4 is 34.9 Å². The molecule has 2 atom stereocenters. The first-order valence-corrected chi connectivity index (χ1v) is 11.4. The first kappa shape index (κ1) is 20.9. The second kappa shape index (κ2) is 9.64. The van der Waals surface area contributed by atoms with E-state index in [2.05, 4.69) is 40.3 Å². The van der Waals surface area contributed by atoms with Gasteiger partial charge in [0.15, 0.2) is 5.11 Å². The number of anilines is 3. The van der Waals surface area contributed by atoms with Crippen molar-refractivity contribution in [1.82, 2.24) is 15.3 Å². The highest BCUT2D eigenvalue weighted by Crippen LogP contribution is 2.28. The van der Waals surface area contributed by atoms with Gasteiger partial charge in [0.2, 0.25) is 5.95 Å². The molecular formula is C22H32N6OS. The lowest BCUT2D eigenvalue weighted by Gasteiger charge is -2.35. The standard InChI is InChI=1S/C22H32N6OS/c1-16-6-3-9-27(14-16)19-12-20(28-10-4-7-17(2)15-28)25-21(24-19)26-22(30)23-13-18-8-5-11-29-18/h5,8,11-12,16-17H,3-4,6-7,9-10,13-15H2,1-2H3,(H2,23,24,25,26,30). The summed E-state index contributed by atoms with van der Waals surface area (Å²) in [5, 5.41) is 6.85. The molecule has 162 valence electrons. The van der Waals surface area contributed by atoms with Gasteiger partial charge in [0.25, 0.3) is 0 Å². The SMILES string of the molecule is CC1CCCN(c2cc(N3CCCC(C)C3)nc(NC(=S)NCc3ccco3)n2)C1. The van der Waals surface area contributed by atoms with Gasteiger partial charge in [-0.1, -0.05) is 13.8 Å². The van der Waals surface area contributed by atoms with Crippen LogP contribution in [0.2, 0.25) is 0 Å². The van der Waals surface area contributed by atoms with E-state index in [1.165, 1.54) is 25.7 Å². The van der Waals surface area contributed by atoms with Gasteiger partial charge in [-0.05, 0) is 61.9 Å². The van der Waals surface area contributed by atoms with Crippen molar-refractivity contribution in [3.8, 4) is 0 Å². The molecule has 2 unspecified atom stereocenters. The molecule has 0 spiro atoms. The molecule has 0 bridgehead atoms. The third-order valence-electron chi connectivity index (χ3n) is 5.89. The van der Waals surface area contributed by atoms with Crippen LogP contribution >= 0.6 is 12.2 Å². The summed E-state index contributed by atoms with van der Waals surface area (Å²) in [5.74, 6) is 4.72. The number of thiocarbonyl (C=S) groups is 1. The molecule has 4 rings (SSSR count). The maximum Gasteiger partial charge on any atom is 0.232 e. The number of rotatable bonds is 5. The van der Waals surface area contributed by atoms with Crippen molar-refractivity contribution in [1.29, 1.82) is 0 Å². The number of hydrogen-bond donors (Lipinski definition) is 2. The Labute approximate surface area is 184 Å². The molecule has 0 aromatic carbocycles. The molecular weight excluding hydrogens is 396 g/mol. The van der Waals surface area contributed by atoms with Gasteiger partial charge in [0.1, 0.15) is 17.4 Å². The van der Waals surface area contributed by atoms with Crippen LogP contribution in [0, 0.1) is 11.8 Å². The van der Waals surface area contributed by atoms with Crippen LogP contribution in [0.25, 0.3) is 0 Å². The number of nitrogens with zero attached hydrogens (tertiary/aromatic N) is 4. The molecule has 2 aromatic heterocycles. The Morgan fingerprint density at radius 3 is 2.27 bits per heavy atom. The van der Waals surface area contributed by atoms with Gasteiger partial charge in [-0.15, -0.1) is 0 Å². The van der Waals surface area contributed by atoms with Gasteiger partial charge in [-0.25, -0.2) is 0 Å². The zero-order valence-corrected chi connectivity index (χ0v) is 18.7. The first-order chi connectivity index (χ1) is 14.6. The fourth-order valence-electron chi connectivity index (χ4n) is 4.32. The van der Waals surface area contributed by atoms with Crippen LogP contribution in [-0.4, -0.2) is 41.3 Å². The van der Waals surface area contributed by atoms with Gasteiger partial charge < -0.3 is 24.9 Å². The molecule has 0 saturated carbocycles. The topological polar surface area (TPSA) is 69.5 Å². The van der Waals surface area contributed by atoms with Gasteiger partial charge in [0.05, 0.1) is 12.8 Å². The largest absolute Gasteiger partial charge is 0.467 e. The lowest BCUT2D eigenvalue weighted by atomic mass is 10.00. The van der Waals surface area contributed by atoms with E-state index in [-0.39, 0.29) is 0 Å². The molecule has 2 fully saturated rings. The summed E-state index contributed by atoms with van der Waals surface area (Å²) in [6, 6.07) is 5.94. The van der Waals surface area contributed by atoms with Crippen LogP contribution in [-0.2, 0) is 6.54 Å². The van der Waals surface area contributed by atoms with Crippen LogP contribution in [0.15, 0.2) is 28.9 Å². The molecule has 0 amide bonds. The second-order valence-corrected chi connectivity index (χ2v) is 9.09. The molecule has 8 heteroatoms. The van der Waals surface area contributed by atoms with Crippen molar-refractivity contribution < 1.29 is 4.42 Å². The average Bonchev–Trinajstić information content (AvgIpc) is 3.26. The Morgan fingerprint density at radius 2 is 1.73 bits per heavy atom. The Kier molecular flexibility index (Phi) is 6.72. The third-order valence-corrected chi connectivity index (χ3v) is 6.14. The predicted octanol–water partition coefficient (Wildman–Crippen LogP) is 4.03. The molecule has 7 nitrogen and oxygen atoms in total. The number of aromatic nitrogens is 2. The molecule has 4 heterocycles. The smallest absolute Gasteiger partial charge is 0.232 e. The molecule has 30 heavy (non-hydrogen) atoms. The maximum absolute atomic E-state index is 5.47. The Bertz CT molecular complexity index is 802. The summed E-state index contributed by atoms with van der Waals surface area (Å²) >= 11 is 5.47. The quantitative estimate of drug-likeness (QED) is 0.692. The van der Waals surface area contributed by atoms with Crippen molar-refractivity contribution in [3.05, 3.63) is 30.2 Å². The second-order valence-electron chi connectivity index (χ2n) is 8.68. The summed E-state index contributed by atoms with van der Waals surface area (Å²) < 4.78 is 5.36. The minimum atomic E-state index is 0.494. The maximum atomic E-state index is 5.47. The van der Waals surface area contributed by atoms with Gasteiger partial charge in [0, 0.05) is 32.2 Å². The molecule has 2 aliphatic rings. The summed E-state index contributed by atoms with van der Waals surface area (Å²) in [6.45, 7) is 9.30. The van der Waals surface area contributed by atoms with Gasteiger partial charge in [-0.2, -0.15) is 9.97 Å². The normalized spacial score (nSPS) is 22.1. The Morgan fingerprint density at radius 1 is 1.10 bits per heavy atom. The molecule has 2 saturated heterocycles. The fraction of sp³-hybridized carbons (Fsp3) is 0.591. The van der Waals surface area contributed by atoms with Gasteiger partial charge >= 0.3 is 0 Å². The van der Waals surface area contributed by atoms with Crippen molar-refractivity contribution in [2.75, 3.05) is 41.3 Å². The highest BCUT2D eigenvalue weighted by molar-refractivity contribution is 7.80. The number of furan rings is 1. The van der Waals surface area contributed by atoms with E-state index in [1.54, 1.807) is 6.26 Å². The average molecular weight is 429 g/mol. The van der Waals surface area contributed by atoms with Crippen molar-refractivity contribution in [2.45, 2.75) is 46.1 Å². The summed E-state index contributed by atoms with van der Waals surface area (Å²) in [7, 11) is 0. The van der Waals surface area contributed by atoms with E-state index in [1.807, 2.05) is 12.1 Å². The summed E-state index contributed by atoms with van der Waals surface area (Å²) in [4.78, 5) is 14.4. The summed E-state index contributed by atoms with van der Waals surface area (Å²) in [6.07, 6.45) is 6.62. The number of piperidine rings is 2. The monoisotopic (exact) mass is 428 g/mol. The lowest BCUT2D eigenvalue weighted by molar-refractivity contribution is 0.441. The van der Waals surface area contributed by atoms with E-state index in [0.717, 1.165) is 43.6 Å². The van der Waals surface area contributed by atoms with E-state index >= 15 is 0 Å². The number of hydrogen-bond acceptors (Lipinski definition) is 6. The molecule has 0 radical (unpaired) electrons. The van der Waals surface area contributed by atoms with Crippen LogP contribution in [0.4, 0.5) is 17.6 Å². The van der Waals surface area contributed by atoms with Crippen molar-refractivity contribution in [2.24, 2.45) is 11.8 Å². The Balaban J connectivity index is 1.52. The Hall–Kier alpha value is -2.35. The van der Waals surface area contributed by atoms with Crippen LogP contribution in [0.5, 0.6) is 0 Å². The van der Waals surface area contributed by atoms with Gasteiger partial charge in [-0.3, -0.25) is 0 Å². The predicted molar refractivity (Wildman–Crippen MR) is 125 cm³/mol. The minimum Gasteiger partial charge on any atom is -0.467 e. The summed E-state index contributed by atoms with van der Waals surface area (Å²) in [5.41, 5.74) is 0. The highest BCUT2D eigenvalue weighted by atomic mass is 32.1.